The Balaban J connectivity index is 1.40. The smallest absolute Gasteiger partial charge is 0.253 e. The van der Waals surface area contributed by atoms with Crippen LogP contribution in [0.3, 0.4) is 0 Å². The number of rotatable bonds is 5. The Morgan fingerprint density at radius 1 is 1.16 bits per heavy atom. The summed E-state index contributed by atoms with van der Waals surface area (Å²) in [7, 11) is 0. The van der Waals surface area contributed by atoms with Gasteiger partial charge in [0.1, 0.15) is 5.82 Å². The van der Waals surface area contributed by atoms with Crippen molar-refractivity contribution in [3.05, 3.63) is 35.7 Å². The summed E-state index contributed by atoms with van der Waals surface area (Å²) in [5.41, 5.74) is 1.69. The van der Waals surface area contributed by atoms with Crippen LogP contribution in [0.1, 0.15) is 48.3 Å². The van der Waals surface area contributed by atoms with Crippen LogP contribution in [0.25, 0.3) is 11.4 Å². The third kappa shape index (κ3) is 3.58. The molecule has 6 heteroatoms. The molecular formula is C19H25N5O. The van der Waals surface area contributed by atoms with Gasteiger partial charge >= 0.3 is 0 Å². The number of hydrogen-bond donors (Lipinski definition) is 1. The maximum Gasteiger partial charge on any atom is 0.253 e. The van der Waals surface area contributed by atoms with Crippen LogP contribution in [0.4, 0.5) is 0 Å². The molecule has 25 heavy (non-hydrogen) atoms. The molecule has 1 amide bonds. The van der Waals surface area contributed by atoms with Crippen molar-refractivity contribution in [1.29, 1.82) is 0 Å². The van der Waals surface area contributed by atoms with E-state index in [0.717, 1.165) is 49.7 Å². The molecule has 4 rings (SSSR count). The summed E-state index contributed by atoms with van der Waals surface area (Å²) in [4.78, 5) is 21.6. The first-order chi connectivity index (χ1) is 12.2. The highest BCUT2D eigenvalue weighted by Crippen LogP contribution is 2.38. The second-order valence-electron chi connectivity index (χ2n) is 7.03. The number of nitrogens with zero attached hydrogens (tertiary/aromatic N) is 4. The van der Waals surface area contributed by atoms with Gasteiger partial charge in [-0.05, 0) is 37.9 Å². The minimum absolute atomic E-state index is 0.122. The summed E-state index contributed by atoms with van der Waals surface area (Å²) < 4.78 is 0. The largest absolute Gasteiger partial charge is 0.336 e. The van der Waals surface area contributed by atoms with Gasteiger partial charge in [-0.1, -0.05) is 19.1 Å². The Hall–Kier alpha value is -2.21. The van der Waals surface area contributed by atoms with Crippen LogP contribution < -0.4 is 0 Å². The minimum Gasteiger partial charge on any atom is -0.336 e. The van der Waals surface area contributed by atoms with E-state index in [-0.39, 0.29) is 5.91 Å². The second-order valence-corrected chi connectivity index (χ2v) is 7.03. The van der Waals surface area contributed by atoms with Gasteiger partial charge in [0.15, 0.2) is 5.82 Å². The third-order valence-corrected chi connectivity index (χ3v) is 5.06. The molecule has 132 valence electrons. The predicted octanol–water partition coefficient (Wildman–Crippen LogP) is 2.52. The average Bonchev–Trinajstić information content (AvgIpc) is 3.39. The summed E-state index contributed by atoms with van der Waals surface area (Å²) in [6.07, 6.45) is 3.57. The number of H-pyrrole nitrogens is 1. The van der Waals surface area contributed by atoms with E-state index in [1.807, 2.05) is 29.2 Å². The zero-order valence-corrected chi connectivity index (χ0v) is 14.7. The fourth-order valence-corrected chi connectivity index (χ4v) is 3.38. The summed E-state index contributed by atoms with van der Waals surface area (Å²) in [6.45, 7) is 6.88. The van der Waals surface area contributed by atoms with Crippen LogP contribution in [0, 0.1) is 0 Å². The predicted molar refractivity (Wildman–Crippen MR) is 96.4 cm³/mol. The molecular weight excluding hydrogens is 314 g/mol. The van der Waals surface area contributed by atoms with Crippen molar-refractivity contribution in [2.24, 2.45) is 0 Å². The van der Waals surface area contributed by atoms with Gasteiger partial charge < -0.3 is 4.90 Å². The van der Waals surface area contributed by atoms with E-state index in [4.69, 9.17) is 0 Å². The van der Waals surface area contributed by atoms with Crippen LogP contribution >= 0.6 is 0 Å². The van der Waals surface area contributed by atoms with Gasteiger partial charge in [-0.25, -0.2) is 4.98 Å². The number of benzene rings is 1. The number of aromatic nitrogens is 3. The number of carbonyl (C=O) groups is 1. The Morgan fingerprint density at radius 2 is 1.88 bits per heavy atom. The van der Waals surface area contributed by atoms with Crippen molar-refractivity contribution in [3.8, 4) is 11.4 Å². The number of hydrogen-bond acceptors (Lipinski definition) is 4. The number of amides is 1. The van der Waals surface area contributed by atoms with E-state index in [2.05, 4.69) is 27.0 Å². The Kier molecular flexibility index (Phi) is 4.53. The molecule has 6 nitrogen and oxygen atoms in total. The standard InChI is InChI=1S/C19H25N5O/c1-2-9-23-10-12-24(13-11-23)19(25)16-7-5-15(6-8-16)18-20-17(21-22-18)14-3-4-14/h5-8,14H,2-4,9-13H2,1H3,(H,20,21,22). The number of carbonyl (C=O) groups excluding carboxylic acids is 1. The Bertz CT molecular complexity index is 727. The van der Waals surface area contributed by atoms with E-state index in [0.29, 0.717) is 11.7 Å². The lowest BCUT2D eigenvalue weighted by Gasteiger charge is -2.34. The summed E-state index contributed by atoms with van der Waals surface area (Å²) in [5, 5.41) is 7.33. The molecule has 2 heterocycles. The molecule has 0 atom stereocenters. The molecule has 1 N–H and O–H groups in total. The van der Waals surface area contributed by atoms with Crippen LogP contribution in [0.5, 0.6) is 0 Å². The van der Waals surface area contributed by atoms with Crippen LogP contribution in [-0.2, 0) is 0 Å². The third-order valence-electron chi connectivity index (χ3n) is 5.06. The van der Waals surface area contributed by atoms with Gasteiger partial charge in [0.05, 0.1) is 0 Å². The van der Waals surface area contributed by atoms with E-state index in [1.54, 1.807) is 0 Å². The molecule has 0 unspecified atom stereocenters. The highest BCUT2D eigenvalue weighted by atomic mass is 16.2. The molecule has 1 saturated carbocycles. The van der Waals surface area contributed by atoms with Crippen molar-refractivity contribution >= 4 is 5.91 Å². The highest BCUT2D eigenvalue weighted by Gasteiger charge is 2.27. The SMILES string of the molecule is CCCN1CCN(C(=O)c2ccc(-c3n[nH]c(C4CC4)n3)cc2)CC1. The van der Waals surface area contributed by atoms with Crippen molar-refractivity contribution in [3.63, 3.8) is 0 Å². The quantitative estimate of drug-likeness (QED) is 0.909. The molecule has 2 aromatic rings. The Morgan fingerprint density at radius 3 is 2.52 bits per heavy atom. The Labute approximate surface area is 148 Å². The van der Waals surface area contributed by atoms with Crippen molar-refractivity contribution in [1.82, 2.24) is 25.0 Å². The van der Waals surface area contributed by atoms with Crippen molar-refractivity contribution in [2.45, 2.75) is 32.1 Å². The monoisotopic (exact) mass is 339 g/mol. The molecule has 1 aromatic heterocycles. The van der Waals surface area contributed by atoms with Crippen LogP contribution in [0.2, 0.25) is 0 Å². The first-order valence-electron chi connectivity index (χ1n) is 9.29. The lowest BCUT2D eigenvalue weighted by molar-refractivity contribution is 0.0637. The molecule has 0 spiro atoms. The topological polar surface area (TPSA) is 65.1 Å². The molecule has 0 radical (unpaired) electrons. The van der Waals surface area contributed by atoms with Gasteiger partial charge in [-0.15, -0.1) is 0 Å². The van der Waals surface area contributed by atoms with Gasteiger partial charge in [0, 0.05) is 43.2 Å². The van der Waals surface area contributed by atoms with Crippen LogP contribution in [-0.4, -0.2) is 63.6 Å². The lowest BCUT2D eigenvalue weighted by Crippen LogP contribution is -2.48. The first-order valence-corrected chi connectivity index (χ1v) is 9.29. The zero-order chi connectivity index (χ0) is 17.2. The molecule has 2 aliphatic rings. The first kappa shape index (κ1) is 16.3. The van der Waals surface area contributed by atoms with E-state index in [1.165, 1.54) is 19.3 Å². The van der Waals surface area contributed by atoms with Gasteiger partial charge in [0.2, 0.25) is 0 Å². The van der Waals surface area contributed by atoms with E-state index >= 15 is 0 Å². The normalized spacial score (nSPS) is 18.5. The van der Waals surface area contributed by atoms with E-state index in [9.17, 15) is 4.79 Å². The molecule has 0 bridgehead atoms. The summed E-state index contributed by atoms with van der Waals surface area (Å²) in [5.74, 6) is 2.39. The molecule has 2 fully saturated rings. The minimum atomic E-state index is 0.122. The lowest BCUT2D eigenvalue weighted by atomic mass is 10.1. The summed E-state index contributed by atoms with van der Waals surface area (Å²) >= 11 is 0. The van der Waals surface area contributed by atoms with Crippen molar-refractivity contribution < 1.29 is 4.79 Å². The molecule has 1 saturated heterocycles. The fraction of sp³-hybridized carbons (Fsp3) is 0.526. The summed E-state index contributed by atoms with van der Waals surface area (Å²) in [6, 6.07) is 7.67. The maximum atomic E-state index is 12.7. The maximum absolute atomic E-state index is 12.7. The molecule has 1 aromatic carbocycles. The van der Waals surface area contributed by atoms with Gasteiger partial charge in [-0.3, -0.25) is 14.8 Å². The molecule has 1 aliphatic heterocycles. The second kappa shape index (κ2) is 6.96. The van der Waals surface area contributed by atoms with Crippen LogP contribution in [0.15, 0.2) is 24.3 Å². The van der Waals surface area contributed by atoms with Gasteiger partial charge in [0.25, 0.3) is 5.91 Å². The molecule has 1 aliphatic carbocycles. The van der Waals surface area contributed by atoms with Gasteiger partial charge in [-0.2, -0.15) is 5.10 Å². The number of nitrogens with one attached hydrogen (secondary N) is 1. The zero-order valence-electron chi connectivity index (χ0n) is 14.7. The number of piperazine rings is 1. The van der Waals surface area contributed by atoms with E-state index < -0.39 is 0 Å². The average molecular weight is 339 g/mol. The fourth-order valence-electron chi connectivity index (χ4n) is 3.38. The highest BCUT2D eigenvalue weighted by molar-refractivity contribution is 5.94. The number of aromatic amines is 1. The van der Waals surface area contributed by atoms with Crippen molar-refractivity contribution in [2.75, 3.05) is 32.7 Å².